The van der Waals surface area contributed by atoms with E-state index in [9.17, 15) is 9.18 Å². The number of benzene rings is 2. The van der Waals surface area contributed by atoms with Crippen LogP contribution in [0.25, 0.3) is 0 Å². The van der Waals surface area contributed by atoms with Crippen LogP contribution >= 0.6 is 0 Å². The first-order valence-electron chi connectivity index (χ1n) is 7.99. The van der Waals surface area contributed by atoms with E-state index in [0.29, 0.717) is 35.9 Å². The Balaban J connectivity index is 2.39. The van der Waals surface area contributed by atoms with Gasteiger partial charge in [0, 0.05) is 13.1 Å². The lowest BCUT2D eigenvalue weighted by Gasteiger charge is -2.23. The summed E-state index contributed by atoms with van der Waals surface area (Å²) >= 11 is 0. The van der Waals surface area contributed by atoms with Crippen LogP contribution in [0.2, 0.25) is 0 Å². The molecule has 0 saturated heterocycles. The molecule has 0 aromatic heterocycles. The number of nitrogens with zero attached hydrogens (tertiary/aromatic N) is 1. The molecule has 0 bridgehead atoms. The minimum atomic E-state index is -0.322. The predicted octanol–water partition coefficient (Wildman–Crippen LogP) is 3.68. The summed E-state index contributed by atoms with van der Waals surface area (Å²) in [5.74, 6) is 0.532. The molecular weight excluding hydrogens is 337 g/mol. The summed E-state index contributed by atoms with van der Waals surface area (Å²) in [7, 11) is 4.46. The van der Waals surface area contributed by atoms with E-state index < -0.39 is 0 Å². The SMILES string of the molecule is C=CCN(Cc1ccc(F)cc1)C(=O)c1ccc(OC)c(OC)c1OC. The molecule has 0 heterocycles. The topological polar surface area (TPSA) is 48.0 Å². The fourth-order valence-corrected chi connectivity index (χ4v) is 2.63. The van der Waals surface area contributed by atoms with E-state index >= 15 is 0 Å². The van der Waals surface area contributed by atoms with Crippen molar-refractivity contribution >= 4 is 5.91 Å². The van der Waals surface area contributed by atoms with Gasteiger partial charge < -0.3 is 19.1 Å². The summed E-state index contributed by atoms with van der Waals surface area (Å²) in [4.78, 5) is 14.7. The number of carbonyl (C=O) groups is 1. The minimum absolute atomic E-state index is 0.257. The molecule has 5 nitrogen and oxygen atoms in total. The lowest BCUT2D eigenvalue weighted by atomic mass is 10.1. The number of ether oxygens (including phenoxy) is 3. The van der Waals surface area contributed by atoms with Crippen molar-refractivity contribution in [1.82, 2.24) is 4.90 Å². The maximum atomic E-state index is 13.1. The van der Waals surface area contributed by atoms with Gasteiger partial charge in [-0.15, -0.1) is 6.58 Å². The molecule has 26 heavy (non-hydrogen) atoms. The molecule has 0 radical (unpaired) electrons. The summed E-state index contributed by atoms with van der Waals surface area (Å²) in [6, 6.07) is 9.29. The Morgan fingerprint density at radius 2 is 1.69 bits per heavy atom. The Morgan fingerprint density at radius 1 is 1.04 bits per heavy atom. The third-order valence-electron chi connectivity index (χ3n) is 3.86. The maximum absolute atomic E-state index is 13.1. The Hall–Kier alpha value is -3.02. The van der Waals surface area contributed by atoms with Gasteiger partial charge >= 0.3 is 0 Å². The summed E-state index contributed by atoms with van der Waals surface area (Å²) in [5.41, 5.74) is 1.15. The van der Waals surface area contributed by atoms with Crippen molar-refractivity contribution in [3.05, 3.63) is 66.0 Å². The van der Waals surface area contributed by atoms with E-state index in [0.717, 1.165) is 5.56 Å². The summed E-state index contributed by atoms with van der Waals surface area (Å²) < 4.78 is 29.1. The zero-order valence-corrected chi connectivity index (χ0v) is 15.1. The van der Waals surface area contributed by atoms with Gasteiger partial charge in [-0.25, -0.2) is 4.39 Å². The highest BCUT2D eigenvalue weighted by atomic mass is 19.1. The van der Waals surface area contributed by atoms with E-state index in [2.05, 4.69) is 6.58 Å². The summed E-state index contributed by atoms with van der Waals surface area (Å²) in [6.07, 6.45) is 1.63. The molecule has 2 aromatic rings. The number of rotatable bonds is 8. The smallest absolute Gasteiger partial charge is 0.258 e. The Bertz CT molecular complexity index is 774. The number of hydrogen-bond acceptors (Lipinski definition) is 4. The van der Waals surface area contributed by atoms with Crippen molar-refractivity contribution < 1.29 is 23.4 Å². The van der Waals surface area contributed by atoms with Gasteiger partial charge in [0.25, 0.3) is 5.91 Å². The summed E-state index contributed by atoms with van der Waals surface area (Å²) in [5, 5.41) is 0. The molecule has 138 valence electrons. The largest absolute Gasteiger partial charge is 0.493 e. The van der Waals surface area contributed by atoms with Crippen molar-refractivity contribution in [3.8, 4) is 17.2 Å². The van der Waals surface area contributed by atoms with Gasteiger partial charge in [0.15, 0.2) is 11.5 Å². The monoisotopic (exact) mass is 359 g/mol. The molecule has 0 atom stereocenters. The van der Waals surface area contributed by atoms with Crippen LogP contribution in [0.5, 0.6) is 17.2 Å². The first-order chi connectivity index (χ1) is 12.5. The second-order valence-electron chi connectivity index (χ2n) is 5.48. The Labute approximate surface area is 152 Å². The van der Waals surface area contributed by atoms with Crippen LogP contribution in [0.1, 0.15) is 15.9 Å². The van der Waals surface area contributed by atoms with Gasteiger partial charge in [-0.1, -0.05) is 18.2 Å². The Morgan fingerprint density at radius 3 is 2.23 bits per heavy atom. The van der Waals surface area contributed by atoms with Crippen molar-refractivity contribution in [3.63, 3.8) is 0 Å². The van der Waals surface area contributed by atoms with E-state index in [4.69, 9.17) is 14.2 Å². The highest BCUT2D eigenvalue weighted by Crippen LogP contribution is 2.40. The lowest BCUT2D eigenvalue weighted by Crippen LogP contribution is -2.31. The zero-order valence-electron chi connectivity index (χ0n) is 15.1. The van der Waals surface area contributed by atoms with E-state index in [1.807, 2.05) is 0 Å². The number of halogens is 1. The highest BCUT2D eigenvalue weighted by molar-refractivity contribution is 5.98. The maximum Gasteiger partial charge on any atom is 0.258 e. The normalized spacial score (nSPS) is 10.2. The molecule has 6 heteroatoms. The Kier molecular flexibility index (Phi) is 6.60. The van der Waals surface area contributed by atoms with Gasteiger partial charge in [0.05, 0.1) is 26.9 Å². The van der Waals surface area contributed by atoms with Crippen molar-refractivity contribution in [2.24, 2.45) is 0 Å². The van der Waals surface area contributed by atoms with E-state index in [1.54, 1.807) is 35.2 Å². The van der Waals surface area contributed by atoms with Crippen LogP contribution in [-0.2, 0) is 6.54 Å². The molecule has 2 rings (SSSR count). The molecule has 0 saturated carbocycles. The molecule has 2 aromatic carbocycles. The zero-order chi connectivity index (χ0) is 19.1. The third-order valence-corrected chi connectivity index (χ3v) is 3.86. The molecule has 0 unspecified atom stereocenters. The van der Waals surface area contributed by atoms with Gasteiger partial charge in [0.2, 0.25) is 5.75 Å². The fourth-order valence-electron chi connectivity index (χ4n) is 2.63. The quantitative estimate of drug-likeness (QED) is 0.675. The first kappa shape index (κ1) is 19.3. The van der Waals surface area contributed by atoms with Crippen molar-refractivity contribution in [1.29, 1.82) is 0 Å². The molecule has 0 fully saturated rings. The van der Waals surface area contributed by atoms with Crippen molar-refractivity contribution in [2.75, 3.05) is 27.9 Å². The van der Waals surface area contributed by atoms with Crippen LogP contribution < -0.4 is 14.2 Å². The van der Waals surface area contributed by atoms with Crippen molar-refractivity contribution in [2.45, 2.75) is 6.54 Å². The number of amides is 1. The predicted molar refractivity (Wildman–Crippen MR) is 97.4 cm³/mol. The first-order valence-corrected chi connectivity index (χ1v) is 7.99. The molecular formula is C20H22FNO4. The van der Waals surface area contributed by atoms with Gasteiger partial charge in [0.1, 0.15) is 5.82 Å². The molecule has 1 amide bonds. The standard InChI is InChI=1S/C20H22FNO4/c1-5-12-22(13-14-6-8-15(21)9-7-14)20(23)16-10-11-17(24-2)19(26-4)18(16)25-3/h5-11H,1,12-13H2,2-4H3. The average Bonchev–Trinajstić information content (AvgIpc) is 2.67. The van der Waals surface area contributed by atoms with Crippen LogP contribution in [0.15, 0.2) is 49.1 Å². The number of methoxy groups -OCH3 is 3. The van der Waals surface area contributed by atoms with Crippen LogP contribution in [0.4, 0.5) is 4.39 Å². The third kappa shape index (κ3) is 4.14. The van der Waals surface area contributed by atoms with Gasteiger partial charge in [-0.3, -0.25) is 4.79 Å². The van der Waals surface area contributed by atoms with E-state index in [1.165, 1.54) is 33.5 Å². The second-order valence-corrected chi connectivity index (χ2v) is 5.48. The number of hydrogen-bond donors (Lipinski definition) is 0. The van der Waals surface area contributed by atoms with Crippen LogP contribution in [-0.4, -0.2) is 38.7 Å². The summed E-state index contributed by atoms with van der Waals surface area (Å²) in [6.45, 7) is 4.34. The molecule has 0 spiro atoms. The lowest BCUT2D eigenvalue weighted by molar-refractivity contribution is 0.0758. The molecule has 0 aliphatic carbocycles. The fraction of sp³-hybridized carbons (Fsp3) is 0.250. The average molecular weight is 359 g/mol. The van der Waals surface area contributed by atoms with E-state index in [-0.39, 0.29) is 11.7 Å². The molecule has 0 aliphatic rings. The molecule has 0 aliphatic heterocycles. The van der Waals surface area contributed by atoms with Crippen LogP contribution in [0.3, 0.4) is 0 Å². The van der Waals surface area contributed by atoms with Crippen LogP contribution in [0, 0.1) is 5.82 Å². The van der Waals surface area contributed by atoms with Gasteiger partial charge in [-0.2, -0.15) is 0 Å². The van der Waals surface area contributed by atoms with Gasteiger partial charge in [-0.05, 0) is 29.8 Å². The number of carbonyl (C=O) groups excluding carboxylic acids is 1. The highest BCUT2D eigenvalue weighted by Gasteiger charge is 2.24. The molecule has 0 N–H and O–H groups in total. The second kappa shape index (κ2) is 8.89. The minimum Gasteiger partial charge on any atom is -0.493 e.